The third-order valence-electron chi connectivity index (χ3n) is 9.57. The Hall–Kier alpha value is -1.91. The van der Waals surface area contributed by atoms with Crippen molar-refractivity contribution < 1.29 is 19.1 Å². The third kappa shape index (κ3) is 1.86. The fourth-order valence-corrected chi connectivity index (χ4v) is 8.16. The first-order valence-electron chi connectivity index (χ1n) is 11.1. The van der Waals surface area contributed by atoms with Crippen LogP contribution in [-0.2, 0) is 9.53 Å². The molecule has 0 aromatic carbocycles. The van der Waals surface area contributed by atoms with Crippen LogP contribution in [0.15, 0.2) is 58.5 Å². The van der Waals surface area contributed by atoms with Gasteiger partial charge in [-0.25, -0.2) is 0 Å². The normalized spacial score (nSPS) is 51.2. The van der Waals surface area contributed by atoms with Crippen molar-refractivity contribution in [3.05, 3.63) is 59.6 Å². The maximum Gasteiger partial charge on any atom is 0.165 e. The fourth-order valence-electron chi connectivity index (χ4n) is 8.16. The van der Waals surface area contributed by atoms with Gasteiger partial charge in [0.05, 0.1) is 36.8 Å². The molecule has 4 nitrogen and oxygen atoms in total. The lowest BCUT2D eigenvalue weighted by atomic mass is 9.41. The van der Waals surface area contributed by atoms with Crippen molar-refractivity contribution in [2.75, 3.05) is 6.61 Å². The van der Waals surface area contributed by atoms with E-state index in [4.69, 9.17) is 9.15 Å². The first-order chi connectivity index (χ1) is 14.2. The topological polar surface area (TPSA) is 59.7 Å². The zero-order valence-electron chi connectivity index (χ0n) is 18.1. The van der Waals surface area contributed by atoms with E-state index in [0.717, 1.165) is 18.4 Å². The van der Waals surface area contributed by atoms with Crippen LogP contribution in [0.3, 0.4) is 0 Å². The van der Waals surface area contributed by atoms with Crippen LogP contribution in [0.5, 0.6) is 0 Å². The second kappa shape index (κ2) is 5.46. The highest BCUT2D eigenvalue weighted by Gasteiger charge is 2.72. The SMILES string of the molecule is C[C@@]12C(=CC[C@]3(C)C1=CC[C@H]3c1ccoc1)[C@@]1(C)C(=O)C=C[C@@]3(C)CO[C@@H]([C@H]2O)[C@H]13. The quantitative estimate of drug-likeness (QED) is 0.694. The number of rotatable bonds is 1. The van der Waals surface area contributed by atoms with Gasteiger partial charge in [-0.15, -0.1) is 0 Å². The molecule has 30 heavy (non-hydrogen) atoms. The first kappa shape index (κ1) is 18.8. The predicted octanol–water partition coefficient (Wildman–Crippen LogP) is 4.58. The largest absolute Gasteiger partial charge is 0.472 e. The molecule has 0 amide bonds. The molecule has 0 spiro atoms. The van der Waals surface area contributed by atoms with Gasteiger partial charge in [-0.2, -0.15) is 0 Å². The van der Waals surface area contributed by atoms with Crippen molar-refractivity contribution in [1.82, 2.24) is 0 Å². The van der Waals surface area contributed by atoms with Crippen LogP contribution in [0.25, 0.3) is 0 Å². The van der Waals surface area contributed by atoms with E-state index in [9.17, 15) is 9.90 Å². The van der Waals surface area contributed by atoms with Gasteiger partial charge in [0.15, 0.2) is 5.78 Å². The molecule has 1 aromatic rings. The first-order valence-corrected chi connectivity index (χ1v) is 11.1. The molecule has 2 fully saturated rings. The minimum absolute atomic E-state index is 0.0344. The molecule has 1 saturated carbocycles. The molecule has 0 unspecified atom stereocenters. The van der Waals surface area contributed by atoms with Gasteiger partial charge in [0, 0.05) is 22.2 Å². The van der Waals surface area contributed by atoms with Crippen molar-refractivity contribution in [2.45, 2.75) is 58.7 Å². The van der Waals surface area contributed by atoms with Crippen molar-refractivity contribution in [2.24, 2.45) is 27.6 Å². The molecule has 6 rings (SSSR count). The molecule has 158 valence electrons. The molecule has 2 heterocycles. The number of carbonyl (C=O) groups excluding carboxylic acids is 1. The molecule has 1 saturated heterocycles. The average molecular weight is 407 g/mol. The van der Waals surface area contributed by atoms with Crippen LogP contribution in [0.1, 0.15) is 52.0 Å². The predicted molar refractivity (Wildman–Crippen MR) is 113 cm³/mol. The summed E-state index contributed by atoms with van der Waals surface area (Å²) in [5, 5.41) is 11.8. The van der Waals surface area contributed by atoms with Gasteiger partial charge < -0.3 is 14.3 Å². The number of aliphatic hydroxyl groups is 1. The van der Waals surface area contributed by atoms with E-state index in [1.165, 1.54) is 11.1 Å². The van der Waals surface area contributed by atoms with Crippen LogP contribution in [0.4, 0.5) is 0 Å². The molecule has 1 aromatic heterocycles. The van der Waals surface area contributed by atoms with Gasteiger partial charge in [-0.3, -0.25) is 4.79 Å². The summed E-state index contributed by atoms with van der Waals surface area (Å²) in [6.45, 7) is 9.29. The monoisotopic (exact) mass is 406 g/mol. The van der Waals surface area contributed by atoms with E-state index in [0.29, 0.717) is 12.5 Å². The Morgan fingerprint density at radius 3 is 2.63 bits per heavy atom. The Bertz CT molecular complexity index is 1030. The van der Waals surface area contributed by atoms with Gasteiger partial charge >= 0.3 is 0 Å². The summed E-state index contributed by atoms with van der Waals surface area (Å²) < 4.78 is 11.7. The van der Waals surface area contributed by atoms with Crippen molar-refractivity contribution >= 4 is 5.78 Å². The maximum atomic E-state index is 13.4. The van der Waals surface area contributed by atoms with Crippen molar-refractivity contribution in [3.63, 3.8) is 0 Å². The number of furan rings is 1. The second-order valence-corrected chi connectivity index (χ2v) is 11.0. The van der Waals surface area contributed by atoms with Crippen molar-refractivity contribution in [1.29, 1.82) is 0 Å². The molecule has 1 N–H and O–H groups in total. The molecule has 0 bridgehead atoms. The molecule has 4 heteroatoms. The van der Waals surface area contributed by atoms with E-state index in [1.807, 2.05) is 12.3 Å². The molecular weight excluding hydrogens is 376 g/mol. The number of ketones is 1. The van der Waals surface area contributed by atoms with Gasteiger partial charge in [0.25, 0.3) is 0 Å². The smallest absolute Gasteiger partial charge is 0.165 e. The third-order valence-corrected chi connectivity index (χ3v) is 9.57. The Morgan fingerprint density at radius 1 is 1.10 bits per heavy atom. The Morgan fingerprint density at radius 2 is 1.90 bits per heavy atom. The lowest BCUT2D eigenvalue weighted by Crippen LogP contribution is -2.65. The van der Waals surface area contributed by atoms with E-state index in [-0.39, 0.29) is 28.6 Å². The van der Waals surface area contributed by atoms with E-state index < -0.39 is 16.9 Å². The molecule has 1 aliphatic heterocycles. The van der Waals surface area contributed by atoms with Crippen LogP contribution >= 0.6 is 0 Å². The Labute approximate surface area is 177 Å². The van der Waals surface area contributed by atoms with Gasteiger partial charge in [-0.05, 0) is 55.9 Å². The van der Waals surface area contributed by atoms with Crippen LogP contribution < -0.4 is 0 Å². The van der Waals surface area contributed by atoms with Crippen LogP contribution in [0.2, 0.25) is 0 Å². The van der Waals surface area contributed by atoms with E-state index in [1.54, 1.807) is 12.3 Å². The van der Waals surface area contributed by atoms with Gasteiger partial charge in [0.1, 0.15) is 0 Å². The summed E-state index contributed by atoms with van der Waals surface area (Å²) in [6, 6.07) is 2.06. The molecule has 4 aliphatic carbocycles. The number of carbonyl (C=O) groups is 1. The lowest BCUT2D eigenvalue weighted by molar-refractivity contribution is -0.145. The number of fused-ring (bicyclic) bond motifs is 4. The average Bonchev–Trinajstić information content (AvgIpc) is 3.41. The molecule has 5 aliphatic rings. The summed E-state index contributed by atoms with van der Waals surface area (Å²) in [5.74, 6) is 0.432. The van der Waals surface area contributed by atoms with Crippen LogP contribution in [-0.4, -0.2) is 29.7 Å². The van der Waals surface area contributed by atoms with E-state index >= 15 is 0 Å². The van der Waals surface area contributed by atoms with Crippen molar-refractivity contribution in [3.8, 4) is 0 Å². The van der Waals surface area contributed by atoms with E-state index in [2.05, 4.69) is 45.9 Å². The minimum Gasteiger partial charge on any atom is -0.472 e. The summed E-state index contributed by atoms with van der Waals surface area (Å²) >= 11 is 0. The zero-order chi connectivity index (χ0) is 21.1. The van der Waals surface area contributed by atoms with Gasteiger partial charge in [-0.1, -0.05) is 37.6 Å². The number of aliphatic hydroxyl groups excluding tert-OH is 1. The highest BCUT2D eigenvalue weighted by atomic mass is 16.5. The molecule has 8 atom stereocenters. The number of ether oxygens (including phenoxy) is 1. The molecular formula is C26H30O4. The summed E-state index contributed by atoms with van der Waals surface area (Å²) in [7, 11) is 0. The Kier molecular flexibility index (Phi) is 3.43. The number of hydrogen-bond acceptors (Lipinski definition) is 4. The summed E-state index contributed by atoms with van der Waals surface area (Å²) in [4.78, 5) is 13.4. The minimum atomic E-state index is -0.670. The maximum absolute atomic E-state index is 13.4. The summed E-state index contributed by atoms with van der Waals surface area (Å²) in [5.41, 5.74) is 2.00. The Balaban J connectivity index is 1.56. The standard InChI is InChI=1S/C26H30O4/c1-23-10-8-19(27)26(4)18-7-11-24(2)16(15-9-12-29-13-15)5-6-17(24)25(18,3)22(28)20(21(23)26)30-14-23/h6-10,12-13,16,20-22,28H,5,11,14H2,1-4H3/t16-,20+,21-,22+,23-,24-,25-,26-/m0/s1. The zero-order valence-corrected chi connectivity index (χ0v) is 18.1. The second-order valence-electron chi connectivity index (χ2n) is 11.0. The number of allylic oxidation sites excluding steroid dienone is 3. The fraction of sp³-hybridized carbons (Fsp3) is 0.577. The molecule has 0 radical (unpaired) electrons. The van der Waals surface area contributed by atoms with Crippen LogP contribution in [0, 0.1) is 27.6 Å². The van der Waals surface area contributed by atoms with Gasteiger partial charge in [0.2, 0.25) is 0 Å². The lowest BCUT2D eigenvalue weighted by Gasteiger charge is -2.62. The highest BCUT2D eigenvalue weighted by molar-refractivity contribution is 5.99. The summed E-state index contributed by atoms with van der Waals surface area (Å²) in [6.07, 6.45) is 12.8. The highest BCUT2D eigenvalue weighted by Crippen LogP contribution is 2.72. The number of hydrogen-bond donors (Lipinski definition) is 1.